The third-order valence-electron chi connectivity index (χ3n) is 3.13. The number of thioether (sulfide) groups is 1. The van der Waals surface area contributed by atoms with Crippen LogP contribution < -0.4 is 0 Å². The van der Waals surface area contributed by atoms with Crippen molar-refractivity contribution in [2.24, 2.45) is 0 Å². The van der Waals surface area contributed by atoms with Gasteiger partial charge in [0.05, 0.1) is 22.5 Å². The van der Waals surface area contributed by atoms with Crippen LogP contribution in [0.25, 0.3) is 0 Å². The van der Waals surface area contributed by atoms with Crippen molar-refractivity contribution >= 4 is 17.7 Å². The molecule has 0 saturated heterocycles. The Morgan fingerprint density at radius 2 is 2.29 bits per heavy atom. The van der Waals surface area contributed by atoms with Gasteiger partial charge in [0.1, 0.15) is 0 Å². The van der Waals surface area contributed by atoms with Gasteiger partial charge in [-0.25, -0.2) is 0 Å². The van der Waals surface area contributed by atoms with Gasteiger partial charge >= 0.3 is 5.97 Å². The Labute approximate surface area is 105 Å². The molecule has 0 atom stereocenters. The van der Waals surface area contributed by atoms with Gasteiger partial charge < -0.3 is 5.11 Å². The van der Waals surface area contributed by atoms with Crippen molar-refractivity contribution in [1.29, 1.82) is 0 Å². The number of carbonyl (C=O) groups is 1. The Morgan fingerprint density at radius 1 is 1.59 bits per heavy atom. The molecule has 2 rings (SSSR count). The molecular formula is C12H18N2O2S. The van der Waals surface area contributed by atoms with E-state index in [1.807, 2.05) is 6.07 Å². The van der Waals surface area contributed by atoms with Crippen LogP contribution in [0.1, 0.15) is 44.3 Å². The van der Waals surface area contributed by atoms with Crippen LogP contribution in [0.4, 0.5) is 0 Å². The summed E-state index contributed by atoms with van der Waals surface area (Å²) in [5, 5.41) is 14.3. The van der Waals surface area contributed by atoms with Crippen LogP contribution >= 0.6 is 11.8 Å². The summed E-state index contributed by atoms with van der Waals surface area (Å²) in [7, 11) is 0. The van der Waals surface area contributed by atoms with E-state index in [4.69, 9.17) is 5.11 Å². The standard InChI is InChI=1S/C12H18N2O2S/c1-2-9-7-11(17-8-12(15)16)14(13-9)10-5-3-4-6-10/h7,10H,2-6,8H2,1H3,(H,15,16). The van der Waals surface area contributed by atoms with Gasteiger partial charge in [-0.15, -0.1) is 0 Å². The zero-order valence-corrected chi connectivity index (χ0v) is 10.9. The molecule has 0 amide bonds. The minimum Gasteiger partial charge on any atom is -0.481 e. The summed E-state index contributed by atoms with van der Waals surface area (Å²) < 4.78 is 2.06. The molecule has 1 N–H and O–H groups in total. The lowest BCUT2D eigenvalue weighted by molar-refractivity contribution is -0.133. The van der Waals surface area contributed by atoms with Crippen LogP contribution in [0.15, 0.2) is 11.1 Å². The second-order valence-electron chi connectivity index (χ2n) is 4.39. The van der Waals surface area contributed by atoms with Crippen molar-refractivity contribution in [1.82, 2.24) is 9.78 Å². The Morgan fingerprint density at radius 3 is 2.88 bits per heavy atom. The fourth-order valence-electron chi connectivity index (χ4n) is 2.25. The molecule has 0 radical (unpaired) electrons. The van der Waals surface area contributed by atoms with E-state index in [1.54, 1.807) is 0 Å². The highest BCUT2D eigenvalue weighted by Crippen LogP contribution is 2.33. The Hall–Kier alpha value is -0.970. The Kier molecular flexibility index (Phi) is 4.10. The third kappa shape index (κ3) is 3.03. The second kappa shape index (κ2) is 5.58. The molecule has 0 bridgehead atoms. The lowest BCUT2D eigenvalue weighted by atomic mass is 10.3. The van der Waals surface area contributed by atoms with E-state index in [0.717, 1.165) is 17.1 Å². The molecule has 0 aliphatic heterocycles. The summed E-state index contributed by atoms with van der Waals surface area (Å²) in [5.74, 6) is -0.658. The fourth-order valence-corrected chi connectivity index (χ4v) is 3.06. The number of rotatable bonds is 5. The lowest BCUT2D eigenvalue weighted by Gasteiger charge is -2.13. The molecule has 0 unspecified atom stereocenters. The predicted molar refractivity (Wildman–Crippen MR) is 67.5 cm³/mol. The summed E-state index contributed by atoms with van der Waals surface area (Å²) in [6.07, 6.45) is 5.77. The van der Waals surface area contributed by atoms with Crippen molar-refractivity contribution in [2.45, 2.75) is 50.1 Å². The Balaban J connectivity index is 2.15. The van der Waals surface area contributed by atoms with Crippen LogP contribution in [-0.4, -0.2) is 26.6 Å². The highest BCUT2D eigenvalue weighted by Gasteiger charge is 2.21. The van der Waals surface area contributed by atoms with Gasteiger partial charge in [0.25, 0.3) is 0 Å². The molecule has 0 aromatic carbocycles. The smallest absolute Gasteiger partial charge is 0.313 e. The maximum Gasteiger partial charge on any atom is 0.313 e. The highest BCUT2D eigenvalue weighted by atomic mass is 32.2. The van der Waals surface area contributed by atoms with Crippen LogP contribution in [0, 0.1) is 0 Å². The molecule has 1 fully saturated rings. The minimum absolute atomic E-state index is 0.113. The molecule has 1 aliphatic carbocycles. The van der Waals surface area contributed by atoms with E-state index in [2.05, 4.69) is 16.7 Å². The van der Waals surface area contributed by atoms with E-state index in [0.29, 0.717) is 6.04 Å². The molecule has 1 aromatic rings. The predicted octanol–water partition coefficient (Wildman–Crippen LogP) is 2.74. The molecule has 94 valence electrons. The van der Waals surface area contributed by atoms with E-state index >= 15 is 0 Å². The number of carboxylic acids is 1. The van der Waals surface area contributed by atoms with Gasteiger partial charge in [-0.05, 0) is 25.3 Å². The summed E-state index contributed by atoms with van der Waals surface area (Å²) in [4.78, 5) is 10.6. The maximum absolute atomic E-state index is 10.6. The number of aliphatic carboxylic acids is 1. The summed E-state index contributed by atoms with van der Waals surface area (Å²) in [5.41, 5.74) is 1.06. The Bertz CT molecular complexity index is 397. The van der Waals surface area contributed by atoms with Crippen molar-refractivity contribution in [3.05, 3.63) is 11.8 Å². The number of hydrogen-bond acceptors (Lipinski definition) is 3. The number of hydrogen-bond donors (Lipinski definition) is 1. The van der Waals surface area contributed by atoms with E-state index in [-0.39, 0.29) is 5.75 Å². The molecule has 1 aromatic heterocycles. The molecule has 0 spiro atoms. The average Bonchev–Trinajstić information content (AvgIpc) is 2.94. The van der Waals surface area contributed by atoms with Crippen LogP contribution in [0.3, 0.4) is 0 Å². The summed E-state index contributed by atoms with van der Waals surface area (Å²) in [6, 6.07) is 2.51. The summed E-state index contributed by atoms with van der Waals surface area (Å²) in [6.45, 7) is 2.08. The number of carboxylic acid groups (broad SMARTS) is 1. The monoisotopic (exact) mass is 254 g/mol. The molecular weight excluding hydrogens is 236 g/mol. The van der Waals surface area contributed by atoms with Gasteiger partial charge in [-0.2, -0.15) is 5.10 Å². The quantitative estimate of drug-likeness (QED) is 0.821. The van der Waals surface area contributed by atoms with Gasteiger partial charge in [0.2, 0.25) is 0 Å². The highest BCUT2D eigenvalue weighted by molar-refractivity contribution is 7.99. The maximum atomic E-state index is 10.6. The first-order valence-electron chi connectivity index (χ1n) is 6.13. The largest absolute Gasteiger partial charge is 0.481 e. The molecule has 1 aliphatic rings. The lowest BCUT2D eigenvalue weighted by Crippen LogP contribution is -2.09. The first-order chi connectivity index (χ1) is 8.20. The van der Waals surface area contributed by atoms with Gasteiger partial charge in [0.15, 0.2) is 0 Å². The molecule has 17 heavy (non-hydrogen) atoms. The number of nitrogens with zero attached hydrogens (tertiary/aromatic N) is 2. The van der Waals surface area contributed by atoms with E-state index in [1.165, 1.54) is 37.4 Å². The molecule has 5 heteroatoms. The van der Waals surface area contributed by atoms with Gasteiger partial charge in [0, 0.05) is 0 Å². The molecule has 1 saturated carbocycles. The zero-order chi connectivity index (χ0) is 12.3. The van der Waals surface area contributed by atoms with Crippen molar-refractivity contribution in [2.75, 3.05) is 5.75 Å². The minimum atomic E-state index is -0.771. The van der Waals surface area contributed by atoms with Crippen LogP contribution in [-0.2, 0) is 11.2 Å². The fraction of sp³-hybridized carbons (Fsp3) is 0.667. The van der Waals surface area contributed by atoms with Crippen molar-refractivity contribution in [3.63, 3.8) is 0 Å². The van der Waals surface area contributed by atoms with Crippen molar-refractivity contribution in [3.8, 4) is 0 Å². The third-order valence-corrected chi connectivity index (χ3v) is 4.12. The first kappa shape index (κ1) is 12.5. The van der Waals surface area contributed by atoms with E-state index in [9.17, 15) is 4.79 Å². The molecule has 1 heterocycles. The topological polar surface area (TPSA) is 55.1 Å². The first-order valence-corrected chi connectivity index (χ1v) is 7.12. The summed E-state index contributed by atoms with van der Waals surface area (Å²) >= 11 is 1.38. The van der Waals surface area contributed by atoms with Gasteiger partial charge in [-0.1, -0.05) is 31.5 Å². The average molecular weight is 254 g/mol. The molecule has 4 nitrogen and oxygen atoms in total. The zero-order valence-electron chi connectivity index (χ0n) is 10.1. The number of aryl methyl sites for hydroxylation is 1. The van der Waals surface area contributed by atoms with Gasteiger partial charge in [-0.3, -0.25) is 9.48 Å². The van der Waals surface area contributed by atoms with Crippen molar-refractivity contribution < 1.29 is 9.90 Å². The van der Waals surface area contributed by atoms with E-state index < -0.39 is 5.97 Å². The van der Waals surface area contributed by atoms with Crippen LogP contribution in [0.2, 0.25) is 0 Å². The number of aromatic nitrogens is 2. The second-order valence-corrected chi connectivity index (χ2v) is 5.39. The normalized spacial score (nSPS) is 16.5. The SMILES string of the molecule is CCc1cc(SCC(=O)O)n(C2CCCC2)n1. The van der Waals surface area contributed by atoms with Crippen LogP contribution in [0.5, 0.6) is 0 Å².